The molecule has 0 aromatic heterocycles. The Kier molecular flexibility index (Phi) is 4.51. The van der Waals surface area contributed by atoms with Gasteiger partial charge >= 0.3 is 0 Å². The molecule has 0 aliphatic heterocycles. The molecule has 3 atom stereocenters. The summed E-state index contributed by atoms with van der Waals surface area (Å²) in [6.07, 6.45) is 9.02. The molecule has 0 radical (unpaired) electrons. The van der Waals surface area contributed by atoms with E-state index in [2.05, 4.69) is 5.32 Å². The van der Waals surface area contributed by atoms with Gasteiger partial charge in [0, 0.05) is 18.3 Å². The molecule has 0 aromatic carbocycles. The largest absolute Gasteiger partial charge is 0.355 e. The maximum atomic E-state index is 11.9. The van der Waals surface area contributed by atoms with E-state index in [-0.39, 0.29) is 11.8 Å². The van der Waals surface area contributed by atoms with E-state index >= 15 is 0 Å². The highest BCUT2D eigenvalue weighted by Gasteiger charge is 2.34. The molecular formula is C13H22ClNO. The van der Waals surface area contributed by atoms with Crippen molar-refractivity contribution in [3.63, 3.8) is 0 Å². The van der Waals surface area contributed by atoms with E-state index in [1.54, 1.807) is 0 Å². The predicted molar refractivity (Wildman–Crippen MR) is 66.5 cm³/mol. The Labute approximate surface area is 103 Å². The normalized spacial score (nSPS) is 34.2. The van der Waals surface area contributed by atoms with Gasteiger partial charge in [-0.15, -0.1) is 11.6 Å². The van der Waals surface area contributed by atoms with E-state index in [0.29, 0.717) is 12.4 Å². The molecule has 1 N–H and O–H groups in total. The van der Waals surface area contributed by atoms with Crippen LogP contribution in [0.5, 0.6) is 0 Å². The first kappa shape index (κ1) is 12.2. The van der Waals surface area contributed by atoms with E-state index in [4.69, 9.17) is 11.6 Å². The Bertz CT molecular complexity index is 244. The van der Waals surface area contributed by atoms with Crippen molar-refractivity contribution >= 4 is 17.5 Å². The van der Waals surface area contributed by atoms with Crippen molar-refractivity contribution in [3.8, 4) is 0 Å². The van der Waals surface area contributed by atoms with Crippen LogP contribution in [0.25, 0.3) is 0 Å². The molecule has 2 saturated carbocycles. The zero-order valence-corrected chi connectivity index (χ0v) is 10.6. The molecule has 0 saturated heterocycles. The van der Waals surface area contributed by atoms with E-state index in [1.807, 2.05) is 0 Å². The van der Waals surface area contributed by atoms with E-state index < -0.39 is 0 Å². The first-order valence-electron chi connectivity index (χ1n) is 6.65. The summed E-state index contributed by atoms with van der Waals surface area (Å²) in [5.41, 5.74) is 0. The molecule has 3 heteroatoms. The van der Waals surface area contributed by atoms with Crippen LogP contribution in [0, 0.1) is 17.8 Å². The van der Waals surface area contributed by atoms with Gasteiger partial charge in [0.25, 0.3) is 0 Å². The summed E-state index contributed by atoms with van der Waals surface area (Å²) in [6.45, 7) is 0.616. The van der Waals surface area contributed by atoms with E-state index in [0.717, 1.165) is 24.7 Å². The van der Waals surface area contributed by atoms with E-state index in [1.165, 1.54) is 32.1 Å². The average molecular weight is 244 g/mol. The molecule has 16 heavy (non-hydrogen) atoms. The number of carbonyl (C=O) groups is 1. The molecule has 3 unspecified atom stereocenters. The van der Waals surface area contributed by atoms with Crippen molar-refractivity contribution in [1.29, 1.82) is 0 Å². The highest BCUT2D eigenvalue weighted by molar-refractivity contribution is 6.18. The topological polar surface area (TPSA) is 29.1 Å². The van der Waals surface area contributed by atoms with Gasteiger partial charge in [0.05, 0.1) is 0 Å². The number of nitrogens with one attached hydrogen (secondary N) is 1. The summed E-state index contributed by atoms with van der Waals surface area (Å²) < 4.78 is 0. The minimum absolute atomic E-state index is 0.240. The molecule has 2 fully saturated rings. The number of rotatable bonds is 3. The van der Waals surface area contributed by atoms with Gasteiger partial charge in [-0.2, -0.15) is 0 Å². The van der Waals surface area contributed by atoms with Gasteiger partial charge in [-0.1, -0.05) is 25.7 Å². The first-order valence-corrected chi connectivity index (χ1v) is 7.18. The minimum Gasteiger partial charge on any atom is -0.355 e. The number of alkyl halides is 1. The second-order valence-electron chi connectivity index (χ2n) is 5.29. The average Bonchev–Trinajstić information content (AvgIpc) is 2.35. The monoisotopic (exact) mass is 243 g/mol. The molecule has 0 spiro atoms. The molecule has 2 rings (SSSR count). The van der Waals surface area contributed by atoms with E-state index in [9.17, 15) is 4.79 Å². The highest BCUT2D eigenvalue weighted by atomic mass is 35.5. The van der Waals surface area contributed by atoms with Crippen molar-refractivity contribution in [3.05, 3.63) is 0 Å². The third kappa shape index (κ3) is 2.91. The Balaban J connectivity index is 1.82. The Morgan fingerprint density at radius 2 is 1.88 bits per heavy atom. The second kappa shape index (κ2) is 5.90. The molecule has 2 aliphatic rings. The number of hydrogen-bond acceptors (Lipinski definition) is 1. The summed E-state index contributed by atoms with van der Waals surface area (Å²) >= 11 is 5.58. The lowest BCUT2D eigenvalue weighted by Gasteiger charge is -2.38. The molecule has 1 amide bonds. The third-order valence-electron chi connectivity index (χ3n) is 4.30. The number of hydrogen-bond donors (Lipinski definition) is 1. The lowest BCUT2D eigenvalue weighted by Crippen LogP contribution is -2.37. The fourth-order valence-electron chi connectivity index (χ4n) is 3.43. The molecule has 0 aromatic rings. The van der Waals surface area contributed by atoms with Gasteiger partial charge in [0.2, 0.25) is 5.91 Å². The van der Waals surface area contributed by atoms with Crippen LogP contribution >= 0.6 is 11.6 Å². The predicted octanol–water partition coefficient (Wildman–Crippen LogP) is 2.95. The standard InChI is InChI=1S/C13H22ClNO/c14-7-8-15-13(16)12-6-5-10-3-1-2-4-11(10)9-12/h10-12H,1-9H2,(H,15,16). The fourth-order valence-corrected chi connectivity index (χ4v) is 3.52. The van der Waals surface area contributed by atoms with Gasteiger partial charge in [0.1, 0.15) is 0 Å². The smallest absolute Gasteiger partial charge is 0.223 e. The quantitative estimate of drug-likeness (QED) is 0.759. The molecule has 2 nitrogen and oxygen atoms in total. The van der Waals surface area contributed by atoms with Crippen LogP contribution in [-0.4, -0.2) is 18.3 Å². The van der Waals surface area contributed by atoms with Crippen LogP contribution in [0.2, 0.25) is 0 Å². The van der Waals surface area contributed by atoms with Crippen molar-refractivity contribution in [1.82, 2.24) is 5.32 Å². The van der Waals surface area contributed by atoms with Gasteiger partial charge < -0.3 is 5.32 Å². The summed E-state index contributed by atoms with van der Waals surface area (Å²) in [7, 11) is 0. The van der Waals surface area contributed by atoms with Crippen LogP contribution in [-0.2, 0) is 4.79 Å². The number of carbonyl (C=O) groups excluding carboxylic acids is 1. The van der Waals surface area contributed by atoms with Gasteiger partial charge in [-0.3, -0.25) is 4.79 Å². The summed E-state index contributed by atoms with van der Waals surface area (Å²) in [6, 6.07) is 0. The lowest BCUT2D eigenvalue weighted by molar-refractivity contribution is -0.127. The molecule has 0 bridgehead atoms. The Morgan fingerprint density at radius 1 is 1.12 bits per heavy atom. The molecule has 0 heterocycles. The summed E-state index contributed by atoms with van der Waals surface area (Å²) in [4.78, 5) is 11.9. The number of halogens is 1. The summed E-state index contributed by atoms with van der Waals surface area (Å²) in [5.74, 6) is 2.78. The molecular weight excluding hydrogens is 222 g/mol. The van der Waals surface area contributed by atoms with Crippen molar-refractivity contribution in [2.45, 2.75) is 44.9 Å². The zero-order chi connectivity index (χ0) is 11.4. The maximum Gasteiger partial charge on any atom is 0.223 e. The maximum absolute atomic E-state index is 11.9. The third-order valence-corrected chi connectivity index (χ3v) is 4.49. The van der Waals surface area contributed by atoms with Crippen LogP contribution < -0.4 is 5.32 Å². The molecule has 2 aliphatic carbocycles. The molecule has 92 valence electrons. The number of amides is 1. The van der Waals surface area contributed by atoms with Crippen molar-refractivity contribution in [2.24, 2.45) is 17.8 Å². The summed E-state index contributed by atoms with van der Waals surface area (Å²) in [5, 5.41) is 2.93. The van der Waals surface area contributed by atoms with Gasteiger partial charge in [0.15, 0.2) is 0 Å². The van der Waals surface area contributed by atoms with Gasteiger partial charge in [-0.25, -0.2) is 0 Å². The fraction of sp³-hybridized carbons (Fsp3) is 0.923. The highest BCUT2D eigenvalue weighted by Crippen LogP contribution is 2.42. The number of fused-ring (bicyclic) bond motifs is 1. The lowest BCUT2D eigenvalue weighted by atomic mass is 9.67. The Morgan fingerprint density at radius 3 is 2.62 bits per heavy atom. The SMILES string of the molecule is O=C(NCCCl)C1CCC2CCCCC2C1. The van der Waals surface area contributed by atoms with Crippen LogP contribution in [0.1, 0.15) is 44.9 Å². The first-order chi connectivity index (χ1) is 7.81. The Hall–Kier alpha value is -0.240. The minimum atomic E-state index is 0.240. The second-order valence-corrected chi connectivity index (χ2v) is 5.67. The zero-order valence-electron chi connectivity index (χ0n) is 9.88. The van der Waals surface area contributed by atoms with Crippen molar-refractivity contribution in [2.75, 3.05) is 12.4 Å². The van der Waals surface area contributed by atoms with Crippen LogP contribution in [0.3, 0.4) is 0 Å². The van der Waals surface area contributed by atoms with Crippen LogP contribution in [0.15, 0.2) is 0 Å². The van der Waals surface area contributed by atoms with Crippen molar-refractivity contribution < 1.29 is 4.79 Å². The van der Waals surface area contributed by atoms with Crippen LogP contribution in [0.4, 0.5) is 0 Å². The van der Waals surface area contributed by atoms with Gasteiger partial charge in [-0.05, 0) is 31.1 Å².